The Bertz CT molecular complexity index is 1230. The smallest absolute Gasteiger partial charge is 0.391 e. The molecule has 222 valence electrons. The maximum Gasteiger partial charge on any atom is 0.391 e. The molecule has 0 aromatic carbocycles. The van der Waals surface area contributed by atoms with Crippen molar-refractivity contribution in [3.63, 3.8) is 0 Å². The largest absolute Gasteiger partial charge is 0.492 e. The number of nitrogens with zero attached hydrogens (tertiary/aromatic N) is 4. The Hall–Kier alpha value is -3.41. The molecule has 0 spiro atoms. The van der Waals surface area contributed by atoms with Crippen molar-refractivity contribution in [3.05, 3.63) is 36.3 Å². The zero-order chi connectivity index (χ0) is 29.1. The van der Waals surface area contributed by atoms with E-state index >= 15 is 0 Å². The molecule has 0 radical (unpaired) electrons. The van der Waals surface area contributed by atoms with Crippen molar-refractivity contribution in [1.82, 2.24) is 25.5 Å². The number of nitrogens with one attached hydrogen (secondary N) is 2. The van der Waals surface area contributed by atoms with Crippen LogP contribution in [0, 0.1) is 11.8 Å². The van der Waals surface area contributed by atoms with Gasteiger partial charge in [0.1, 0.15) is 11.4 Å². The fourth-order valence-electron chi connectivity index (χ4n) is 5.94. The summed E-state index contributed by atoms with van der Waals surface area (Å²) in [6.45, 7) is 6.92. The number of halogens is 3. The number of amides is 2. The topological polar surface area (TPSA) is 99.7 Å². The SMILES string of the molecule is CCOc1cc(N2CCN(C(=O)[C@H]3C[C@H](C(F)(F)F)C3)C[C@H]2CC)c(C(=O)N[C@@H]2CCNC2)nc1-c1cccnc1. The number of anilines is 1. The molecule has 2 aromatic rings. The van der Waals surface area contributed by atoms with Crippen LogP contribution in [0.3, 0.4) is 0 Å². The molecule has 2 atom stereocenters. The van der Waals surface area contributed by atoms with Gasteiger partial charge >= 0.3 is 6.18 Å². The fraction of sp³-hybridized carbons (Fsp3) is 0.586. The van der Waals surface area contributed by atoms with Gasteiger partial charge in [0.05, 0.1) is 18.2 Å². The highest BCUT2D eigenvalue weighted by atomic mass is 19.4. The van der Waals surface area contributed by atoms with Crippen LogP contribution in [0.1, 0.15) is 50.0 Å². The lowest BCUT2D eigenvalue weighted by atomic mass is 9.73. The predicted molar refractivity (Wildman–Crippen MR) is 148 cm³/mol. The molecular formula is C29H37F3N6O3. The maximum absolute atomic E-state index is 13.7. The van der Waals surface area contributed by atoms with Crippen LogP contribution in [0.5, 0.6) is 5.75 Å². The Labute approximate surface area is 237 Å². The van der Waals surface area contributed by atoms with E-state index in [-0.39, 0.29) is 42.4 Å². The number of alkyl halides is 3. The van der Waals surface area contributed by atoms with Gasteiger partial charge in [-0.15, -0.1) is 0 Å². The molecule has 1 saturated carbocycles. The van der Waals surface area contributed by atoms with Crippen LogP contribution in [-0.2, 0) is 4.79 Å². The van der Waals surface area contributed by atoms with E-state index in [1.165, 1.54) is 0 Å². The molecule has 2 aliphatic heterocycles. The number of aromatic nitrogens is 2. The van der Waals surface area contributed by atoms with E-state index < -0.39 is 18.0 Å². The lowest BCUT2D eigenvalue weighted by molar-refractivity contribution is -0.206. The summed E-state index contributed by atoms with van der Waals surface area (Å²) in [5.74, 6) is -1.96. The standard InChI is InChI=1S/C29H37F3N6O3/c1-3-22-17-37(28(40)19-12-20(13-19)29(30,31)32)10-11-38(22)23-14-24(41-4-2)25(18-6-5-8-33-15-18)36-26(23)27(39)35-21-7-9-34-16-21/h5-6,8,14-15,19-22,34H,3-4,7,9-13,16-17H2,1-2H3,(H,35,39)/t19-,20-,21-,22-/m1/s1. The minimum atomic E-state index is -4.25. The normalized spacial score (nSPS) is 24.6. The Morgan fingerprint density at radius 2 is 2.02 bits per heavy atom. The summed E-state index contributed by atoms with van der Waals surface area (Å²) in [6.07, 6.45) is 0.298. The third kappa shape index (κ3) is 6.27. The first-order valence-electron chi connectivity index (χ1n) is 14.4. The van der Waals surface area contributed by atoms with E-state index in [2.05, 4.69) is 20.5 Å². The second-order valence-electron chi connectivity index (χ2n) is 11.0. The molecule has 3 fully saturated rings. The van der Waals surface area contributed by atoms with Crippen molar-refractivity contribution >= 4 is 17.5 Å². The van der Waals surface area contributed by atoms with Crippen LogP contribution in [0.2, 0.25) is 0 Å². The van der Waals surface area contributed by atoms with Gasteiger partial charge in [0, 0.05) is 68.2 Å². The third-order valence-corrected chi connectivity index (χ3v) is 8.34. The van der Waals surface area contributed by atoms with E-state index in [1.54, 1.807) is 23.4 Å². The van der Waals surface area contributed by atoms with Crippen LogP contribution in [0.25, 0.3) is 11.3 Å². The zero-order valence-corrected chi connectivity index (χ0v) is 23.4. The summed E-state index contributed by atoms with van der Waals surface area (Å²) in [5.41, 5.74) is 2.12. The predicted octanol–water partition coefficient (Wildman–Crippen LogP) is 3.65. The Kier molecular flexibility index (Phi) is 8.67. The summed E-state index contributed by atoms with van der Waals surface area (Å²) >= 11 is 0. The molecule has 0 unspecified atom stereocenters. The minimum absolute atomic E-state index is 0.00926. The first kappa shape index (κ1) is 29.1. The highest BCUT2D eigenvalue weighted by Crippen LogP contribution is 2.45. The van der Waals surface area contributed by atoms with Gasteiger partial charge in [-0.05, 0) is 51.3 Å². The monoisotopic (exact) mass is 574 g/mol. The maximum atomic E-state index is 13.7. The van der Waals surface area contributed by atoms with Gasteiger partial charge in [0.15, 0.2) is 5.69 Å². The highest BCUT2D eigenvalue weighted by molar-refractivity contribution is 5.99. The molecule has 12 heteroatoms. The van der Waals surface area contributed by atoms with Gasteiger partial charge in [-0.3, -0.25) is 14.6 Å². The first-order chi connectivity index (χ1) is 19.7. The summed E-state index contributed by atoms with van der Waals surface area (Å²) in [4.78, 5) is 39.6. The number of rotatable bonds is 8. The average Bonchev–Trinajstić information content (AvgIpc) is 3.44. The Morgan fingerprint density at radius 1 is 1.22 bits per heavy atom. The summed E-state index contributed by atoms with van der Waals surface area (Å²) in [6, 6.07) is 5.35. The Morgan fingerprint density at radius 3 is 2.66 bits per heavy atom. The van der Waals surface area contributed by atoms with Crippen LogP contribution in [-0.4, -0.2) is 84.3 Å². The van der Waals surface area contributed by atoms with Gasteiger partial charge in [-0.1, -0.05) is 6.92 Å². The molecular weight excluding hydrogens is 537 g/mol. The highest BCUT2D eigenvalue weighted by Gasteiger charge is 2.51. The van der Waals surface area contributed by atoms with Crippen LogP contribution in [0.4, 0.5) is 18.9 Å². The first-order valence-corrected chi connectivity index (χ1v) is 14.4. The van der Waals surface area contributed by atoms with Gasteiger partial charge < -0.3 is 25.2 Å². The number of piperazine rings is 1. The quantitative estimate of drug-likeness (QED) is 0.497. The van der Waals surface area contributed by atoms with E-state index in [1.807, 2.05) is 26.0 Å². The second-order valence-corrected chi connectivity index (χ2v) is 11.0. The van der Waals surface area contributed by atoms with Gasteiger partial charge in [-0.25, -0.2) is 4.98 Å². The van der Waals surface area contributed by atoms with Crippen molar-refractivity contribution in [2.45, 2.75) is 57.8 Å². The van der Waals surface area contributed by atoms with Crippen LogP contribution < -0.4 is 20.3 Å². The molecule has 2 amide bonds. The van der Waals surface area contributed by atoms with Crippen molar-refractivity contribution in [1.29, 1.82) is 0 Å². The number of hydrogen-bond donors (Lipinski definition) is 2. The van der Waals surface area contributed by atoms with E-state index in [4.69, 9.17) is 9.72 Å². The Balaban J connectivity index is 1.43. The van der Waals surface area contributed by atoms with Crippen LogP contribution >= 0.6 is 0 Å². The van der Waals surface area contributed by atoms with E-state index in [0.717, 1.165) is 18.5 Å². The van der Waals surface area contributed by atoms with Crippen molar-refractivity contribution in [3.8, 4) is 17.0 Å². The van der Waals surface area contributed by atoms with Gasteiger partial charge in [0.2, 0.25) is 5.91 Å². The van der Waals surface area contributed by atoms with E-state index in [9.17, 15) is 22.8 Å². The molecule has 5 rings (SSSR count). The minimum Gasteiger partial charge on any atom is -0.492 e. The van der Waals surface area contributed by atoms with Gasteiger partial charge in [-0.2, -0.15) is 13.2 Å². The zero-order valence-electron chi connectivity index (χ0n) is 23.4. The molecule has 3 aliphatic rings. The molecule has 0 bridgehead atoms. The molecule has 41 heavy (non-hydrogen) atoms. The van der Waals surface area contributed by atoms with Crippen molar-refractivity contribution in [2.24, 2.45) is 11.8 Å². The van der Waals surface area contributed by atoms with Crippen molar-refractivity contribution in [2.75, 3.05) is 44.2 Å². The molecule has 2 N–H and O–H groups in total. The summed E-state index contributed by atoms with van der Waals surface area (Å²) in [5, 5.41) is 6.37. The average molecular weight is 575 g/mol. The molecule has 2 saturated heterocycles. The van der Waals surface area contributed by atoms with E-state index in [0.29, 0.717) is 56.3 Å². The molecule has 9 nitrogen and oxygen atoms in total. The van der Waals surface area contributed by atoms with Crippen LogP contribution in [0.15, 0.2) is 30.6 Å². The summed E-state index contributed by atoms with van der Waals surface area (Å²) in [7, 11) is 0. The number of ether oxygens (including phenoxy) is 1. The molecule has 2 aromatic heterocycles. The number of carbonyl (C=O) groups is 2. The fourth-order valence-corrected chi connectivity index (χ4v) is 5.94. The summed E-state index contributed by atoms with van der Waals surface area (Å²) < 4.78 is 45.0. The lowest BCUT2D eigenvalue weighted by Crippen LogP contribution is -2.57. The lowest BCUT2D eigenvalue weighted by Gasteiger charge is -2.45. The third-order valence-electron chi connectivity index (χ3n) is 8.34. The van der Waals surface area contributed by atoms with Crippen molar-refractivity contribution < 1.29 is 27.5 Å². The van der Waals surface area contributed by atoms with Gasteiger partial charge in [0.25, 0.3) is 5.91 Å². The number of carbonyl (C=O) groups excluding carboxylic acids is 2. The molecule has 4 heterocycles. The number of hydrogen-bond acceptors (Lipinski definition) is 7. The molecule has 1 aliphatic carbocycles. The second kappa shape index (κ2) is 12.2. The number of pyridine rings is 2.